The summed E-state index contributed by atoms with van der Waals surface area (Å²) in [4.78, 5) is 32.3. The normalized spacial score (nSPS) is 18.5. The number of carbonyl (C=O) groups excluding carboxylic acids is 1. The lowest BCUT2D eigenvalue weighted by molar-refractivity contribution is -0.134. The molecule has 1 aliphatic heterocycles. The number of rotatable bonds is 4. The van der Waals surface area contributed by atoms with Gasteiger partial charge in [-0.3, -0.25) is 14.2 Å². The third kappa shape index (κ3) is 3.19. The lowest BCUT2D eigenvalue weighted by atomic mass is 9.76. The Morgan fingerprint density at radius 2 is 1.84 bits per heavy atom. The maximum absolute atomic E-state index is 13.0. The van der Waals surface area contributed by atoms with Crippen LogP contribution in [0.2, 0.25) is 0 Å². The van der Waals surface area contributed by atoms with Crippen LogP contribution in [-0.2, 0) is 17.9 Å². The van der Waals surface area contributed by atoms with Crippen molar-refractivity contribution in [2.45, 2.75) is 37.8 Å². The first-order chi connectivity index (χ1) is 15.7. The number of likely N-dealkylation sites (tertiary alicyclic amines) is 1. The van der Waals surface area contributed by atoms with Crippen LogP contribution in [0.1, 0.15) is 41.6 Å². The number of fused-ring (bicyclic) bond motifs is 2. The molecule has 4 aromatic rings. The molecule has 1 atom stereocenters. The van der Waals surface area contributed by atoms with Gasteiger partial charge < -0.3 is 9.47 Å². The number of carbonyl (C=O) groups is 1. The van der Waals surface area contributed by atoms with Crippen LogP contribution in [-0.4, -0.2) is 38.0 Å². The lowest BCUT2D eigenvalue weighted by Gasteiger charge is -2.37. The van der Waals surface area contributed by atoms with Gasteiger partial charge in [0, 0.05) is 31.4 Å². The zero-order valence-electron chi connectivity index (χ0n) is 17.7. The molecule has 6 rings (SSSR count). The fourth-order valence-corrected chi connectivity index (χ4v) is 6.04. The van der Waals surface area contributed by atoms with Gasteiger partial charge in [-0.05, 0) is 42.5 Å². The van der Waals surface area contributed by atoms with Crippen molar-refractivity contribution in [1.29, 1.82) is 0 Å². The first kappa shape index (κ1) is 19.5. The number of imidazole rings is 1. The molecule has 162 valence electrons. The number of thiazole rings is 1. The summed E-state index contributed by atoms with van der Waals surface area (Å²) in [5.74, 6) is 1.60. The average molecular weight is 445 g/mol. The van der Waals surface area contributed by atoms with Crippen LogP contribution in [0.5, 0.6) is 0 Å². The molecule has 7 heteroatoms. The highest BCUT2D eigenvalue weighted by molar-refractivity contribution is 7.16. The van der Waals surface area contributed by atoms with E-state index in [1.165, 1.54) is 22.5 Å². The number of nitrogens with zero attached hydrogens (tertiary/aromatic N) is 4. The van der Waals surface area contributed by atoms with E-state index in [9.17, 15) is 9.59 Å². The van der Waals surface area contributed by atoms with Gasteiger partial charge in [0.05, 0.1) is 16.1 Å². The Balaban J connectivity index is 1.16. The molecule has 32 heavy (non-hydrogen) atoms. The summed E-state index contributed by atoms with van der Waals surface area (Å²) in [6.07, 6.45) is 6.43. The first-order valence-corrected chi connectivity index (χ1v) is 12.0. The van der Waals surface area contributed by atoms with Crippen molar-refractivity contribution in [2.24, 2.45) is 0 Å². The predicted octanol–water partition coefficient (Wildman–Crippen LogP) is 3.81. The Morgan fingerprint density at radius 3 is 2.69 bits per heavy atom. The molecule has 1 fully saturated rings. The minimum Gasteiger partial charge on any atom is -0.342 e. The molecule has 6 nitrogen and oxygen atoms in total. The highest BCUT2D eigenvalue weighted by atomic mass is 32.1. The number of amides is 1. The van der Waals surface area contributed by atoms with Gasteiger partial charge in [0.2, 0.25) is 5.91 Å². The maximum Gasteiger partial charge on any atom is 0.309 e. The van der Waals surface area contributed by atoms with Gasteiger partial charge in [-0.15, -0.1) is 0 Å². The zero-order chi connectivity index (χ0) is 21.7. The number of hydrogen-bond donors (Lipinski definition) is 0. The van der Waals surface area contributed by atoms with Crippen LogP contribution in [0.15, 0.2) is 65.7 Å². The average Bonchev–Trinajstić information content (AvgIpc) is 3.39. The Labute approximate surface area is 189 Å². The fraction of sp³-hybridized carbons (Fsp3) is 0.320. The van der Waals surface area contributed by atoms with Crippen LogP contribution in [0.4, 0.5) is 0 Å². The van der Waals surface area contributed by atoms with E-state index in [2.05, 4.69) is 21.7 Å². The van der Waals surface area contributed by atoms with E-state index < -0.39 is 0 Å². The quantitative estimate of drug-likeness (QED) is 0.481. The summed E-state index contributed by atoms with van der Waals surface area (Å²) in [7, 11) is 0. The van der Waals surface area contributed by atoms with Crippen molar-refractivity contribution in [2.75, 3.05) is 13.1 Å². The van der Waals surface area contributed by atoms with Crippen molar-refractivity contribution in [1.82, 2.24) is 19.0 Å². The van der Waals surface area contributed by atoms with Gasteiger partial charge in [0.1, 0.15) is 12.5 Å². The molecular weight excluding hydrogens is 420 g/mol. The Morgan fingerprint density at radius 1 is 1.06 bits per heavy atom. The maximum atomic E-state index is 13.0. The number of para-hydroxylation sites is 1. The molecular formula is C25H24N4O2S. The standard InChI is InChI=1S/C25H24N4O2S/c30-24(20-15-18-5-1-2-6-19(18)20)27-12-9-17(10-13-27)23-26-11-14-28(23)16-29-21-7-3-4-8-22(21)32-25(29)31/h1-8,11,14,17,20H,9-10,12-13,15-16H2. The molecule has 2 aromatic carbocycles. The SMILES string of the molecule is O=C(C1Cc2ccccc21)N1CCC(c2nccn2Cn2c(=O)sc3ccccc32)CC1. The summed E-state index contributed by atoms with van der Waals surface area (Å²) in [5.41, 5.74) is 3.46. The topological polar surface area (TPSA) is 60.1 Å². The minimum absolute atomic E-state index is 0.0310. The largest absolute Gasteiger partial charge is 0.342 e. The second-order valence-electron chi connectivity index (χ2n) is 8.72. The summed E-state index contributed by atoms with van der Waals surface area (Å²) >= 11 is 1.28. The van der Waals surface area contributed by atoms with Crippen molar-refractivity contribution >= 4 is 27.5 Å². The smallest absolute Gasteiger partial charge is 0.309 e. The zero-order valence-corrected chi connectivity index (χ0v) is 18.5. The number of benzene rings is 2. The minimum atomic E-state index is 0.0310. The molecule has 0 N–H and O–H groups in total. The molecule has 0 spiro atoms. The van der Waals surface area contributed by atoms with E-state index in [4.69, 9.17) is 0 Å². The Kier molecular flexibility index (Phi) is 4.72. The van der Waals surface area contributed by atoms with E-state index in [-0.39, 0.29) is 16.7 Å². The van der Waals surface area contributed by atoms with Gasteiger partial charge in [-0.25, -0.2) is 4.98 Å². The molecule has 0 saturated carbocycles. The predicted molar refractivity (Wildman–Crippen MR) is 125 cm³/mol. The van der Waals surface area contributed by atoms with Gasteiger partial charge >= 0.3 is 4.87 Å². The van der Waals surface area contributed by atoms with Gasteiger partial charge in [-0.2, -0.15) is 0 Å². The molecule has 3 heterocycles. The third-order valence-corrected chi connectivity index (χ3v) is 7.90. The van der Waals surface area contributed by atoms with Crippen molar-refractivity contribution in [3.8, 4) is 0 Å². The van der Waals surface area contributed by atoms with E-state index >= 15 is 0 Å². The monoisotopic (exact) mass is 444 g/mol. The van der Waals surface area contributed by atoms with Crippen LogP contribution in [0.25, 0.3) is 10.2 Å². The first-order valence-electron chi connectivity index (χ1n) is 11.1. The number of hydrogen-bond acceptors (Lipinski definition) is 4. The summed E-state index contributed by atoms with van der Waals surface area (Å²) in [5, 5.41) is 0. The van der Waals surface area contributed by atoms with E-state index in [0.717, 1.165) is 48.4 Å². The van der Waals surface area contributed by atoms with E-state index in [1.54, 1.807) is 0 Å². The molecule has 1 aliphatic carbocycles. The Hall–Kier alpha value is -3.19. The van der Waals surface area contributed by atoms with Crippen molar-refractivity contribution in [3.63, 3.8) is 0 Å². The molecule has 0 bridgehead atoms. The third-order valence-electron chi connectivity index (χ3n) is 6.94. The van der Waals surface area contributed by atoms with Crippen molar-refractivity contribution < 1.29 is 4.79 Å². The summed E-state index contributed by atoms with van der Waals surface area (Å²) in [6.45, 7) is 1.99. The molecule has 1 amide bonds. The van der Waals surface area contributed by atoms with Gasteiger partial charge in [0.15, 0.2) is 0 Å². The highest BCUT2D eigenvalue weighted by Gasteiger charge is 2.36. The summed E-state index contributed by atoms with van der Waals surface area (Å²) in [6, 6.07) is 16.2. The van der Waals surface area contributed by atoms with Gasteiger partial charge in [-0.1, -0.05) is 47.7 Å². The van der Waals surface area contributed by atoms with Gasteiger partial charge in [0.25, 0.3) is 0 Å². The van der Waals surface area contributed by atoms with Crippen LogP contribution in [0, 0.1) is 0 Å². The summed E-state index contributed by atoms with van der Waals surface area (Å²) < 4.78 is 4.91. The molecule has 2 aromatic heterocycles. The molecule has 1 saturated heterocycles. The highest BCUT2D eigenvalue weighted by Crippen LogP contribution is 2.37. The second-order valence-corrected chi connectivity index (χ2v) is 9.71. The van der Waals surface area contributed by atoms with Crippen LogP contribution >= 0.6 is 11.3 Å². The molecule has 1 unspecified atom stereocenters. The Bertz CT molecular complexity index is 1360. The number of piperidine rings is 1. The van der Waals surface area contributed by atoms with E-state index in [0.29, 0.717) is 12.6 Å². The van der Waals surface area contributed by atoms with Crippen LogP contribution in [0.3, 0.4) is 0 Å². The molecule has 0 radical (unpaired) electrons. The molecule has 2 aliphatic rings. The van der Waals surface area contributed by atoms with E-state index in [1.807, 2.05) is 58.3 Å². The second kappa shape index (κ2) is 7.74. The van der Waals surface area contributed by atoms with Crippen LogP contribution < -0.4 is 4.87 Å². The lowest BCUT2D eigenvalue weighted by Crippen LogP contribution is -2.43. The number of aromatic nitrogens is 3. The van der Waals surface area contributed by atoms with Crippen molar-refractivity contribution in [3.05, 3.63) is 87.5 Å². The fourth-order valence-electron chi connectivity index (χ4n) is 5.16.